The van der Waals surface area contributed by atoms with Crippen molar-refractivity contribution in [3.05, 3.63) is 64.4 Å². The summed E-state index contributed by atoms with van der Waals surface area (Å²) in [4.78, 5) is 73.2. The van der Waals surface area contributed by atoms with Crippen LogP contribution in [-0.2, 0) is 47.6 Å². The van der Waals surface area contributed by atoms with Crippen LogP contribution in [0.25, 0.3) is 15.8 Å². The van der Waals surface area contributed by atoms with Crippen LogP contribution in [0.3, 0.4) is 0 Å². The molecule has 13 nitrogen and oxygen atoms in total. The van der Waals surface area contributed by atoms with E-state index in [1.807, 2.05) is 12.1 Å². The monoisotopic (exact) mass is 601 g/mol. The summed E-state index contributed by atoms with van der Waals surface area (Å²) in [7, 11) is 0. The zero-order chi connectivity index (χ0) is 30.6. The molecule has 42 heavy (non-hydrogen) atoms. The Bertz CT molecular complexity index is 1560. The van der Waals surface area contributed by atoms with Crippen molar-refractivity contribution >= 4 is 51.5 Å². The quantitative estimate of drug-likeness (QED) is 0.274. The highest BCUT2D eigenvalue weighted by Crippen LogP contribution is 2.30. The molecule has 3 aromatic rings. The van der Waals surface area contributed by atoms with Gasteiger partial charge in [0.1, 0.15) is 12.7 Å². The molecule has 2 aromatic carbocycles. The molecule has 2 heterocycles. The summed E-state index contributed by atoms with van der Waals surface area (Å²) < 4.78 is 34.6. The fraction of sp³-hybridized carbons (Fsp3) is 0.357. The van der Waals surface area contributed by atoms with E-state index in [-0.39, 0.29) is 11.1 Å². The van der Waals surface area contributed by atoms with Crippen molar-refractivity contribution in [1.29, 1.82) is 0 Å². The van der Waals surface area contributed by atoms with Crippen molar-refractivity contribution in [1.82, 2.24) is 3.96 Å². The SMILES string of the molecule is CC(=O)OCC1OC(OC(=O)c2ccc(-n3sc4ccccc4c3=O)cc2)C(OC(C)=O)C(OC(C)=O)C1OC(C)=O. The number of aromatic nitrogens is 1. The van der Waals surface area contributed by atoms with Gasteiger partial charge in [0, 0.05) is 27.7 Å². The Morgan fingerprint density at radius 3 is 1.95 bits per heavy atom. The summed E-state index contributed by atoms with van der Waals surface area (Å²) in [5, 5.41) is 0.564. The Hall–Kier alpha value is -4.56. The maximum Gasteiger partial charge on any atom is 0.340 e. The third kappa shape index (κ3) is 7.01. The topological polar surface area (TPSA) is 163 Å². The number of rotatable bonds is 8. The Kier molecular flexibility index (Phi) is 9.38. The number of hydrogen-bond donors (Lipinski definition) is 0. The zero-order valence-electron chi connectivity index (χ0n) is 23.0. The highest BCUT2D eigenvalue weighted by Gasteiger charge is 2.53. The number of benzene rings is 2. The van der Waals surface area contributed by atoms with E-state index in [1.165, 1.54) is 27.6 Å². The smallest absolute Gasteiger partial charge is 0.340 e. The van der Waals surface area contributed by atoms with Crippen LogP contribution in [-0.4, -0.2) is 71.1 Å². The molecular formula is C28H27NO12S. The van der Waals surface area contributed by atoms with E-state index in [4.69, 9.17) is 28.4 Å². The number of esters is 5. The fourth-order valence-electron chi connectivity index (χ4n) is 4.33. The molecule has 1 saturated heterocycles. The van der Waals surface area contributed by atoms with Crippen molar-refractivity contribution in [2.24, 2.45) is 0 Å². The average Bonchev–Trinajstić information content (AvgIpc) is 3.26. The van der Waals surface area contributed by atoms with Crippen LogP contribution >= 0.6 is 11.5 Å². The molecule has 0 saturated carbocycles. The minimum absolute atomic E-state index is 0.0563. The highest BCUT2D eigenvalue weighted by atomic mass is 32.1. The van der Waals surface area contributed by atoms with Crippen LogP contribution in [0.2, 0.25) is 0 Å². The standard InChI is InChI=1S/C28H27NO12S/c1-14(30)36-13-21-23(37-15(2)31)24(38-16(3)32)25(39-17(4)33)28(40-21)41-27(35)18-9-11-19(12-10-18)29-26(34)20-7-5-6-8-22(20)42-29/h5-12,21,23-25,28H,13H2,1-4H3. The van der Waals surface area contributed by atoms with Gasteiger partial charge in [-0.05, 0) is 36.4 Å². The molecule has 1 aliphatic rings. The highest BCUT2D eigenvalue weighted by molar-refractivity contribution is 7.14. The third-order valence-corrected chi connectivity index (χ3v) is 7.11. The molecule has 0 radical (unpaired) electrons. The van der Waals surface area contributed by atoms with Gasteiger partial charge in [0.15, 0.2) is 12.2 Å². The van der Waals surface area contributed by atoms with Gasteiger partial charge in [0.2, 0.25) is 12.4 Å². The van der Waals surface area contributed by atoms with E-state index >= 15 is 0 Å². The molecule has 0 spiro atoms. The molecule has 1 fully saturated rings. The Morgan fingerprint density at radius 2 is 1.36 bits per heavy atom. The number of hydrogen-bond acceptors (Lipinski definition) is 13. The van der Waals surface area contributed by atoms with Crippen LogP contribution in [0, 0.1) is 0 Å². The largest absolute Gasteiger partial charge is 0.463 e. The first-order valence-electron chi connectivity index (χ1n) is 12.7. The van der Waals surface area contributed by atoms with E-state index in [0.29, 0.717) is 11.1 Å². The molecular weight excluding hydrogens is 574 g/mol. The van der Waals surface area contributed by atoms with E-state index in [2.05, 4.69) is 0 Å². The molecule has 222 valence electrons. The lowest BCUT2D eigenvalue weighted by Gasteiger charge is -2.43. The minimum atomic E-state index is -1.66. The second kappa shape index (κ2) is 13.0. The van der Waals surface area contributed by atoms with Gasteiger partial charge in [-0.15, -0.1) is 0 Å². The molecule has 1 aliphatic heterocycles. The number of fused-ring (bicyclic) bond motifs is 1. The molecule has 1 aromatic heterocycles. The van der Waals surface area contributed by atoms with Crippen molar-refractivity contribution < 1.29 is 52.4 Å². The summed E-state index contributed by atoms with van der Waals surface area (Å²) in [6.45, 7) is 3.92. The van der Waals surface area contributed by atoms with Gasteiger partial charge in [0.05, 0.1) is 21.3 Å². The van der Waals surface area contributed by atoms with Gasteiger partial charge < -0.3 is 28.4 Å². The van der Waals surface area contributed by atoms with Crippen LogP contribution in [0.15, 0.2) is 53.3 Å². The predicted octanol–water partition coefficient (Wildman–Crippen LogP) is 2.29. The number of ether oxygens (including phenoxy) is 6. The Labute approximate surface area is 242 Å². The van der Waals surface area contributed by atoms with Crippen molar-refractivity contribution in [2.45, 2.75) is 58.4 Å². The van der Waals surface area contributed by atoms with Crippen molar-refractivity contribution in [3.8, 4) is 5.69 Å². The second-order valence-electron chi connectivity index (χ2n) is 9.21. The zero-order valence-corrected chi connectivity index (χ0v) is 23.8. The molecule has 5 unspecified atom stereocenters. The molecule has 4 rings (SSSR count). The first-order valence-corrected chi connectivity index (χ1v) is 13.4. The summed E-state index contributed by atoms with van der Waals surface area (Å²) in [5.41, 5.74) is 0.370. The lowest BCUT2D eigenvalue weighted by Crippen LogP contribution is -2.63. The molecule has 14 heteroatoms. The number of carbonyl (C=O) groups excluding carboxylic acids is 5. The third-order valence-electron chi connectivity index (χ3n) is 6.00. The van der Waals surface area contributed by atoms with Gasteiger partial charge in [-0.1, -0.05) is 23.7 Å². The molecule has 5 atom stereocenters. The van der Waals surface area contributed by atoms with Crippen LogP contribution in [0.4, 0.5) is 0 Å². The van der Waals surface area contributed by atoms with E-state index in [9.17, 15) is 28.8 Å². The molecule has 0 N–H and O–H groups in total. The van der Waals surface area contributed by atoms with Crippen molar-refractivity contribution in [3.63, 3.8) is 0 Å². The lowest BCUT2D eigenvalue weighted by atomic mass is 9.98. The van der Waals surface area contributed by atoms with Crippen LogP contribution < -0.4 is 5.56 Å². The fourth-order valence-corrected chi connectivity index (χ4v) is 5.33. The summed E-state index contributed by atoms with van der Waals surface area (Å²) >= 11 is 1.25. The number of carbonyl (C=O) groups is 5. The van der Waals surface area contributed by atoms with Gasteiger partial charge in [-0.3, -0.25) is 24.0 Å². The maximum absolute atomic E-state index is 13.2. The minimum Gasteiger partial charge on any atom is -0.463 e. The van der Waals surface area contributed by atoms with E-state index < -0.39 is 67.2 Å². The Morgan fingerprint density at radius 1 is 0.762 bits per heavy atom. The van der Waals surface area contributed by atoms with Crippen molar-refractivity contribution in [2.75, 3.05) is 6.61 Å². The van der Waals surface area contributed by atoms with Crippen LogP contribution in [0.1, 0.15) is 38.1 Å². The second-order valence-corrected chi connectivity index (χ2v) is 10.2. The molecule has 0 bridgehead atoms. The summed E-state index contributed by atoms with van der Waals surface area (Å²) in [5.74, 6) is -4.04. The first kappa shape index (κ1) is 30.4. The van der Waals surface area contributed by atoms with Gasteiger partial charge in [0.25, 0.3) is 5.56 Å². The average molecular weight is 602 g/mol. The first-order chi connectivity index (χ1) is 19.9. The summed E-state index contributed by atoms with van der Waals surface area (Å²) in [6, 6.07) is 13.1. The van der Waals surface area contributed by atoms with E-state index in [1.54, 1.807) is 24.3 Å². The van der Waals surface area contributed by atoms with Gasteiger partial charge in [-0.25, -0.2) is 8.75 Å². The summed E-state index contributed by atoms with van der Waals surface area (Å²) in [6.07, 6.45) is -7.35. The molecule has 0 amide bonds. The predicted molar refractivity (Wildman–Crippen MR) is 145 cm³/mol. The maximum atomic E-state index is 13.2. The van der Waals surface area contributed by atoms with E-state index in [0.717, 1.165) is 32.4 Å². The van der Waals surface area contributed by atoms with Gasteiger partial charge >= 0.3 is 29.8 Å². The normalized spacial score (nSPS) is 21.7. The Balaban J connectivity index is 1.62. The van der Waals surface area contributed by atoms with Gasteiger partial charge in [-0.2, -0.15) is 0 Å². The molecule has 0 aliphatic carbocycles. The lowest BCUT2D eigenvalue weighted by molar-refractivity contribution is -0.294. The van der Waals surface area contributed by atoms with Crippen LogP contribution in [0.5, 0.6) is 0 Å². The number of nitrogens with zero attached hydrogens (tertiary/aromatic N) is 1.